The smallest absolute Gasteiger partial charge is 0.253 e. The third-order valence-corrected chi connectivity index (χ3v) is 5.36. The van der Waals surface area contributed by atoms with Crippen LogP contribution in [0.3, 0.4) is 0 Å². The fraction of sp³-hybridized carbons (Fsp3) is 0.176. The Balaban J connectivity index is 1.59. The van der Waals surface area contributed by atoms with Gasteiger partial charge in [0.15, 0.2) is 0 Å². The topological polar surface area (TPSA) is 119 Å². The SMILES string of the molecule is O=C(NCCS(=O)(=O)NCc1ccccc1)c1cc(Cl)ccc1-n1cnnn1. The van der Waals surface area contributed by atoms with E-state index in [-0.39, 0.29) is 24.4 Å². The number of rotatable bonds is 8. The molecule has 3 aromatic rings. The number of nitrogens with one attached hydrogen (secondary N) is 2. The third-order valence-electron chi connectivity index (χ3n) is 3.79. The molecule has 0 atom stereocenters. The Hall–Kier alpha value is -2.82. The van der Waals surface area contributed by atoms with Gasteiger partial charge in [-0.2, -0.15) is 4.68 Å². The Kier molecular flexibility index (Phi) is 6.34. The highest BCUT2D eigenvalue weighted by Crippen LogP contribution is 2.18. The predicted octanol–water partition coefficient (Wildman–Crippen LogP) is 1.17. The summed E-state index contributed by atoms with van der Waals surface area (Å²) in [7, 11) is -3.55. The summed E-state index contributed by atoms with van der Waals surface area (Å²) in [4.78, 5) is 12.5. The van der Waals surface area contributed by atoms with Crippen molar-refractivity contribution in [2.45, 2.75) is 6.54 Å². The molecular weight excluding hydrogens is 404 g/mol. The lowest BCUT2D eigenvalue weighted by atomic mass is 10.1. The standard InChI is InChI=1S/C17H17ClN6O3S/c18-14-6-7-16(24-12-20-22-23-24)15(10-14)17(25)19-8-9-28(26,27)21-11-13-4-2-1-3-5-13/h1-7,10,12,21H,8-9,11H2,(H,19,25). The van der Waals surface area contributed by atoms with Crippen LogP contribution >= 0.6 is 11.6 Å². The van der Waals surface area contributed by atoms with Crippen molar-refractivity contribution in [1.82, 2.24) is 30.2 Å². The van der Waals surface area contributed by atoms with Crippen LogP contribution in [0.15, 0.2) is 54.9 Å². The molecule has 0 aliphatic heterocycles. The van der Waals surface area contributed by atoms with Crippen molar-refractivity contribution in [2.24, 2.45) is 0 Å². The van der Waals surface area contributed by atoms with Crippen molar-refractivity contribution in [1.29, 1.82) is 0 Å². The van der Waals surface area contributed by atoms with Crippen LogP contribution in [-0.2, 0) is 16.6 Å². The Bertz CT molecular complexity index is 1040. The van der Waals surface area contributed by atoms with E-state index in [0.29, 0.717) is 10.7 Å². The van der Waals surface area contributed by atoms with Gasteiger partial charge in [0.25, 0.3) is 5.91 Å². The summed E-state index contributed by atoms with van der Waals surface area (Å²) in [6.07, 6.45) is 1.35. The molecule has 1 amide bonds. The zero-order valence-corrected chi connectivity index (χ0v) is 16.2. The molecule has 1 heterocycles. The fourth-order valence-corrected chi connectivity index (χ4v) is 3.49. The molecule has 0 unspecified atom stereocenters. The van der Waals surface area contributed by atoms with E-state index >= 15 is 0 Å². The van der Waals surface area contributed by atoms with Crippen LogP contribution in [0, 0.1) is 0 Å². The highest BCUT2D eigenvalue weighted by Gasteiger charge is 2.16. The van der Waals surface area contributed by atoms with Crippen LogP contribution in [0.2, 0.25) is 5.02 Å². The maximum absolute atomic E-state index is 12.5. The summed E-state index contributed by atoms with van der Waals surface area (Å²) < 4.78 is 28.1. The summed E-state index contributed by atoms with van der Waals surface area (Å²) in [5.41, 5.74) is 1.51. The average Bonchev–Trinajstić information content (AvgIpc) is 3.21. The van der Waals surface area contributed by atoms with Gasteiger partial charge in [0.05, 0.1) is 17.0 Å². The molecule has 0 saturated heterocycles. The molecule has 2 N–H and O–H groups in total. The first-order valence-electron chi connectivity index (χ1n) is 8.27. The van der Waals surface area contributed by atoms with Crippen molar-refractivity contribution < 1.29 is 13.2 Å². The van der Waals surface area contributed by atoms with Crippen molar-refractivity contribution in [2.75, 3.05) is 12.3 Å². The number of carbonyl (C=O) groups excluding carboxylic acids is 1. The van der Waals surface area contributed by atoms with E-state index in [4.69, 9.17) is 11.6 Å². The fourth-order valence-electron chi connectivity index (χ4n) is 2.42. The van der Waals surface area contributed by atoms with Crippen molar-refractivity contribution in [3.8, 4) is 5.69 Å². The quantitative estimate of drug-likeness (QED) is 0.564. The summed E-state index contributed by atoms with van der Waals surface area (Å²) in [5, 5.41) is 13.8. The highest BCUT2D eigenvalue weighted by atomic mass is 35.5. The van der Waals surface area contributed by atoms with Gasteiger partial charge in [-0.05, 0) is 34.2 Å². The number of carbonyl (C=O) groups is 1. The Morgan fingerprint density at radius 2 is 1.93 bits per heavy atom. The minimum atomic E-state index is -3.55. The number of amides is 1. The molecule has 146 valence electrons. The maximum atomic E-state index is 12.5. The van der Waals surface area contributed by atoms with Gasteiger partial charge in [-0.1, -0.05) is 41.9 Å². The van der Waals surface area contributed by atoms with E-state index in [1.807, 2.05) is 30.3 Å². The number of sulfonamides is 1. The van der Waals surface area contributed by atoms with E-state index in [2.05, 4.69) is 25.6 Å². The van der Waals surface area contributed by atoms with E-state index in [1.54, 1.807) is 12.1 Å². The number of halogens is 1. The van der Waals surface area contributed by atoms with E-state index in [0.717, 1.165) is 5.56 Å². The highest BCUT2D eigenvalue weighted by molar-refractivity contribution is 7.89. The van der Waals surface area contributed by atoms with Gasteiger partial charge in [0.2, 0.25) is 10.0 Å². The van der Waals surface area contributed by atoms with Gasteiger partial charge in [-0.3, -0.25) is 4.79 Å². The van der Waals surface area contributed by atoms with E-state index in [1.165, 1.54) is 17.1 Å². The van der Waals surface area contributed by atoms with Gasteiger partial charge >= 0.3 is 0 Å². The normalized spacial score (nSPS) is 11.3. The first kappa shape index (κ1) is 19.9. The lowest BCUT2D eigenvalue weighted by Crippen LogP contribution is -2.34. The Morgan fingerprint density at radius 1 is 1.14 bits per heavy atom. The second-order valence-corrected chi connectivity index (χ2v) is 8.16. The number of hydrogen-bond donors (Lipinski definition) is 2. The van der Waals surface area contributed by atoms with Crippen LogP contribution < -0.4 is 10.0 Å². The second kappa shape index (κ2) is 8.91. The lowest BCUT2D eigenvalue weighted by Gasteiger charge is -2.11. The molecule has 0 aliphatic carbocycles. The molecule has 0 saturated carbocycles. The summed E-state index contributed by atoms with van der Waals surface area (Å²) in [5.74, 6) is -0.738. The Morgan fingerprint density at radius 3 is 2.64 bits per heavy atom. The summed E-state index contributed by atoms with van der Waals surface area (Å²) in [6, 6.07) is 13.8. The number of tetrazole rings is 1. The van der Waals surface area contributed by atoms with Gasteiger partial charge < -0.3 is 5.32 Å². The maximum Gasteiger partial charge on any atom is 0.253 e. The summed E-state index contributed by atoms with van der Waals surface area (Å²) in [6.45, 7) is 0.124. The molecule has 0 aliphatic rings. The molecule has 1 aromatic heterocycles. The molecule has 28 heavy (non-hydrogen) atoms. The zero-order valence-electron chi connectivity index (χ0n) is 14.6. The van der Waals surface area contributed by atoms with Gasteiger partial charge in [0, 0.05) is 18.1 Å². The first-order valence-corrected chi connectivity index (χ1v) is 10.3. The third kappa shape index (κ3) is 5.35. The van der Waals surface area contributed by atoms with Gasteiger partial charge in [-0.15, -0.1) is 5.10 Å². The van der Waals surface area contributed by atoms with E-state index in [9.17, 15) is 13.2 Å². The van der Waals surface area contributed by atoms with Crippen LogP contribution in [-0.4, -0.2) is 46.8 Å². The number of aromatic nitrogens is 4. The second-order valence-electron chi connectivity index (χ2n) is 5.80. The van der Waals surface area contributed by atoms with E-state index < -0.39 is 15.9 Å². The molecule has 0 radical (unpaired) electrons. The van der Waals surface area contributed by atoms with Gasteiger partial charge in [-0.25, -0.2) is 13.1 Å². The largest absolute Gasteiger partial charge is 0.351 e. The molecule has 0 spiro atoms. The molecule has 2 aromatic carbocycles. The zero-order chi connectivity index (χ0) is 20.0. The number of hydrogen-bond acceptors (Lipinski definition) is 6. The molecule has 0 bridgehead atoms. The minimum Gasteiger partial charge on any atom is -0.351 e. The van der Waals surface area contributed by atoms with Crippen LogP contribution in [0.4, 0.5) is 0 Å². The predicted molar refractivity (Wildman–Crippen MR) is 104 cm³/mol. The van der Waals surface area contributed by atoms with Crippen LogP contribution in [0.5, 0.6) is 0 Å². The average molecular weight is 421 g/mol. The lowest BCUT2D eigenvalue weighted by molar-refractivity contribution is 0.0956. The molecule has 9 nitrogen and oxygen atoms in total. The van der Waals surface area contributed by atoms with Crippen molar-refractivity contribution >= 4 is 27.5 Å². The monoisotopic (exact) mass is 420 g/mol. The Labute approximate surface area is 166 Å². The molecule has 0 fully saturated rings. The molecule has 3 rings (SSSR count). The van der Waals surface area contributed by atoms with Crippen LogP contribution in [0.1, 0.15) is 15.9 Å². The van der Waals surface area contributed by atoms with Crippen LogP contribution in [0.25, 0.3) is 5.69 Å². The first-order chi connectivity index (χ1) is 13.4. The summed E-state index contributed by atoms with van der Waals surface area (Å²) >= 11 is 5.98. The molecular formula is C17H17ClN6O3S. The number of benzene rings is 2. The molecule has 11 heteroatoms. The minimum absolute atomic E-state index is 0.0650. The van der Waals surface area contributed by atoms with Crippen molar-refractivity contribution in [3.63, 3.8) is 0 Å². The van der Waals surface area contributed by atoms with Crippen molar-refractivity contribution in [3.05, 3.63) is 71.0 Å². The van der Waals surface area contributed by atoms with Gasteiger partial charge in [0.1, 0.15) is 6.33 Å². The number of nitrogens with zero attached hydrogens (tertiary/aromatic N) is 4.